The number of ether oxygens (including phenoxy) is 13. The topological polar surface area (TPSA) is 300 Å². The van der Waals surface area contributed by atoms with E-state index in [9.17, 15) is 48.9 Å². The van der Waals surface area contributed by atoms with Crippen LogP contribution >= 0.6 is 0 Å². The number of aliphatic hydroxyl groups excluding tert-OH is 1. The first-order valence-electron chi connectivity index (χ1n) is 51.6. The molecule has 19 aliphatic rings. The molecule has 0 aromatic rings. The minimum Gasteiger partial charge on any atom is -0.462 e. The van der Waals surface area contributed by atoms with Gasteiger partial charge in [0.25, 0.3) is 0 Å². The molecule has 0 aromatic heterocycles. The summed E-state index contributed by atoms with van der Waals surface area (Å²) in [7, 11) is 0. The Kier molecular flexibility index (Phi) is 33.4. The molecule has 3 N–H and O–H groups in total. The Hall–Kier alpha value is -4.07. The van der Waals surface area contributed by atoms with Crippen LogP contribution in [0, 0.1) is 109 Å². The van der Waals surface area contributed by atoms with Crippen molar-refractivity contribution in [3.05, 3.63) is 0 Å². The van der Waals surface area contributed by atoms with Gasteiger partial charge < -0.3 is 76.9 Å². The highest BCUT2D eigenvalue weighted by atomic mass is 16.7. The number of aliphatic hydroxyl groups is 3. The SMILES string of the molecule is CCC(C)(C)C(=O)OC(C)(C)C1CCCCC1.CCC(C)(C)C(=O)OC12CC3CC(CC(O)(C3)C1)C2.CCC(C)(C)C(=O)OC12CC3CC(O)(C1)CC(OC1CCCCO1)(C3)C2.CCC(C)(C)C(=O)OC1C2CC3C(=O)OC1C3C2.CCC(C)(CO)C(=O)OC(C)(C)C12CC3CC(CC(C3)C1)C2.CCOC(C)OC1C2CC(OC(=O)C(C)(C)CC)C(C2)C1OC(C)OCC. The van der Waals surface area contributed by atoms with Gasteiger partial charge in [-0.05, 0) is 365 Å². The molecular formula is C106H178O23. The van der Waals surface area contributed by atoms with E-state index < -0.39 is 55.1 Å². The van der Waals surface area contributed by atoms with Crippen molar-refractivity contribution in [1.82, 2.24) is 0 Å². The number of hydrogen-bond donors (Lipinski definition) is 3. The van der Waals surface area contributed by atoms with E-state index in [4.69, 9.17) is 61.6 Å². The summed E-state index contributed by atoms with van der Waals surface area (Å²) in [6, 6.07) is 0. The van der Waals surface area contributed by atoms with Crippen LogP contribution in [-0.2, 0) is 95.1 Å². The zero-order valence-corrected chi connectivity index (χ0v) is 84.8. The molecular weight excluding hydrogens is 1640 g/mol. The van der Waals surface area contributed by atoms with Gasteiger partial charge in [-0.25, -0.2) is 0 Å². The second kappa shape index (κ2) is 40.9. The second-order valence-corrected chi connectivity index (χ2v) is 48.7. The third-order valence-electron chi connectivity index (χ3n) is 35.7. The van der Waals surface area contributed by atoms with Gasteiger partial charge in [-0.3, -0.25) is 33.6 Å². The molecule has 2 saturated heterocycles. The standard InChI is InChI=1S/C21H38O6.C21H34O5.C19H32O3.C16H26O3.C15H28O2.C14H20O4/c1-8-21(6,7)20(22)27-17-12-15-11-16(17)19(26-14(5)24-10-3)18(15)25-13(4)23-9-2;1-4-18(2,3)17(22)26-21-11-15-9-19(23,13-21)12-20(10-15,14-21)25-16-7-5-6-8-24-16;1-5-18(4,12-20)16(21)22-17(2,3)19-9-13-6-14(10-19)8-15(7-13)11-19;1-4-14(2,3)13(17)19-16-8-11-5-12(9-16)7-15(18,6-11)10-16;1-6-14(2,3)13(16)17-15(4,5)12-10-8-7-9-11-12;1-4-14(2,3)13(16)18-10-7-5-8-9(6-7)12(15)17-11(8)10/h13-19H,8-12H2,1-7H3;15-16,23H,4-14H2,1-3H3;13-15,20H,5-12H2,1-4H3;11-12,18H,4-10H2,1-3H3;12H,6-11H2,1-5H3;7-11H,4-6H2,1-3H3. The molecule has 17 saturated carbocycles. The largest absolute Gasteiger partial charge is 0.462 e. The molecule has 23 nitrogen and oxygen atoms in total. The fourth-order valence-electron chi connectivity index (χ4n) is 26.4. The lowest BCUT2D eigenvalue weighted by Crippen LogP contribution is -2.68. The maximum Gasteiger partial charge on any atom is 0.314 e. The van der Waals surface area contributed by atoms with Gasteiger partial charge in [0.15, 0.2) is 18.9 Å². The molecule has 17 aliphatic carbocycles. The average Bonchev–Trinajstić information content (AvgIpc) is 1.57. The van der Waals surface area contributed by atoms with Gasteiger partial charge in [-0.15, -0.1) is 0 Å². The van der Waals surface area contributed by atoms with Crippen LogP contribution in [0.2, 0.25) is 0 Å². The summed E-state index contributed by atoms with van der Waals surface area (Å²) in [5, 5.41) is 31.5. The Labute approximate surface area is 776 Å². The molecule has 740 valence electrons. The Bertz CT molecular complexity index is 3730. The van der Waals surface area contributed by atoms with Gasteiger partial charge in [-0.1, -0.05) is 60.8 Å². The normalized spacial score (nSPS) is 37.4. The van der Waals surface area contributed by atoms with Crippen LogP contribution in [0.5, 0.6) is 0 Å². The van der Waals surface area contributed by atoms with Gasteiger partial charge in [0.2, 0.25) is 0 Å². The van der Waals surface area contributed by atoms with Crippen molar-refractivity contribution in [1.29, 1.82) is 0 Å². The van der Waals surface area contributed by atoms with Crippen LogP contribution in [0.1, 0.15) is 404 Å². The third-order valence-corrected chi connectivity index (χ3v) is 35.7. The number of carbonyl (C=O) groups excluding carboxylic acids is 7. The Morgan fingerprint density at radius 1 is 0.434 bits per heavy atom. The van der Waals surface area contributed by atoms with Gasteiger partial charge in [0.1, 0.15) is 40.7 Å². The molecule has 20 atom stereocenters. The highest BCUT2D eigenvalue weighted by molar-refractivity contribution is 5.80. The minimum absolute atomic E-state index is 0.0458. The fourth-order valence-corrected chi connectivity index (χ4v) is 26.4. The van der Waals surface area contributed by atoms with Crippen molar-refractivity contribution in [2.75, 3.05) is 26.4 Å². The molecule has 16 bridgehead atoms. The van der Waals surface area contributed by atoms with E-state index in [0.717, 1.165) is 146 Å². The first-order chi connectivity index (χ1) is 60.1. The van der Waals surface area contributed by atoms with Crippen molar-refractivity contribution in [3.63, 3.8) is 0 Å². The number of esters is 7. The Morgan fingerprint density at radius 2 is 0.891 bits per heavy atom. The van der Waals surface area contributed by atoms with E-state index in [-0.39, 0.29) is 132 Å². The maximum atomic E-state index is 12.8. The van der Waals surface area contributed by atoms with Gasteiger partial charge >= 0.3 is 41.8 Å². The fraction of sp³-hybridized carbons (Fsp3) is 0.934. The van der Waals surface area contributed by atoms with Crippen LogP contribution in [-0.4, -0.2) is 172 Å². The van der Waals surface area contributed by atoms with Gasteiger partial charge in [0.05, 0.1) is 74.0 Å². The molecule has 20 unspecified atom stereocenters. The van der Waals surface area contributed by atoms with Crippen molar-refractivity contribution >= 4 is 41.8 Å². The van der Waals surface area contributed by atoms with E-state index in [1.54, 1.807) is 0 Å². The first kappa shape index (κ1) is 105. The number of carbonyl (C=O) groups is 7. The molecule has 129 heavy (non-hydrogen) atoms. The molecule has 0 radical (unpaired) electrons. The maximum absolute atomic E-state index is 12.8. The molecule has 2 heterocycles. The summed E-state index contributed by atoms with van der Waals surface area (Å²) in [5.41, 5.74) is -6.17. The molecule has 0 spiro atoms. The Balaban J connectivity index is 0.000000151. The molecule has 19 rings (SSSR count). The molecule has 0 aromatic carbocycles. The summed E-state index contributed by atoms with van der Waals surface area (Å²) in [6.07, 6.45) is 34.0. The predicted octanol–water partition coefficient (Wildman–Crippen LogP) is 20.8. The van der Waals surface area contributed by atoms with E-state index in [1.807, 2.05) is 145 Å². The first-order valence-corrected chi connectivity index (χ1v) is 51.6. The van der Waals surface area contributed by atoms with Gasteiger partial charge in [-0.2, -0.15) is 0 Å². The smallest absolute Gasteiger partial charge is 0.314 e. The van der Waals surface area contributed by atoms with Crippen molar-refractivity contribution < 1.29 is 110 Å². The van der Waals surface area contributed by atoms with Crippen molar-refractivity contribution in [3.8, 4) is 0 Å². The van der Waals surface area contributed by atoms with E-state index >= 15 is 0 Å². The quantitative estimate of drug-likeness (QED) is 0.0330. The monoisotopic (exact) mass is 1820 g/mol. The summed E-state index contributed by atoms with van der Waals surface area (Å²) >= 11 is 0. The number of fused-ring (bicyclic) bond motifs is 3. The van der Waals surface area contributed by atoms with Crippen LogP contribution in [0.3, 0.4) is 0 Å². The van der Waals surface area contributed by atoms with E-state index in [2.05, 4.69) is 27.7 Å². The lowest BCUT2D eigenvalue weighted by molar-refractivity contribution is -0.315. The minimum atomic E-state index is -0.773. The number of rotatable bonds is 31. The molecule has 0 amide bonds. The zero-order valence-electron chi connectivity index (χ0n) is 84.8. The highest BCUT2D eigenvalue weighted by Crippen LogP contribution is 2.67. The van der Waals surface area contributed by atoms with Crippen LogP contribution in [0.25, 0.3) is 0 Å². The summed E-state index contributed by atoms with van der Waals surface area (Å²) in [4.78, 5) is 86.3. The van der Waals surface area contributed by atoms with Crippen LogP contribution in [0.4, 0.5) is 0 Å². The third kappa shape index (κ3) is 24.0. The second-order valence-electron chi connectivity index (χ2n) is 48.7. The van der Waals surface area contributed by atoms with Crippen LogP contribution in [0.15, 0.2) is 0 Å². The lowest BCUT2D eigenvalue weighted by atomic mass is 9.46. The van der Waals surface area contributed by atoms with E-state index in [0.29, 0.717) is 86.7 Å². The predicted molar refractivity (Wildman–Crippen MR) is 492 cm³/mol. The van der Waals surface area contributed by atoms with Gasteiger partial charge in [0, 0.05) is 68.7 Å². The van der Waals surface area contributed by atoms with Crippen LogP contribution < -0.4 is 0 Å². The van der Waals surface area contributed by atoms with E-state index in [1.165, 1.54) is 77.0 Å². The molecule has 2 aliphatic heterocycles. The highest BCUT2D eigenvalue weighted by Gasteiger charge is 2.69. The number of hydrogen-bond acceptors (Lipinski definition) is 23. The lowest BCUT2D eigenvalue weighted by Gasteiger charge is -2.64. The van der Waals surface area contributed by atoms with Crippen molar-refractivity contribution in [2.24, 2.45) is 109 Å². The molecule has 19 fully saturated rings. The summed E-state index contributed by atoms with van der Waals surface area (Å²) in [5.74, 6) is 4.82. The Morgan fingerprint density at radius 3 is 1.40 bits per heavy atom. The summed E-state index contributed by atoms with van der Waals surface area (Å²) < 4.78 is 76.8. The molecule has 23 heteroatoms. The zero-order chi connectivity index (χ0) is 95.1. The summed E-state index contributed by atoms with van der Waals surface area (Å²) in [6.45, 7) is 51.1. The average molecular weight is 1820 g/mol. The van der Waals surface area contributed by atoms with Crippen molar-refractivity contribution in [2.45, 2.75) is 493 Å².